The molecule has 2 aromatic carbocycles. The van der Waals surface area contributed by atoms with Crippen molar-refractivity contribution in [1.29, 1.82) is 0 Å². The molecule has 148 valence electrons. The number of hydrogen-bond acceptors (Lipinski definition) is 5. The first-order valence-corrected chi connectivity index (χ1v) is 8.93. The molecular formula is C21H25N3O4. The van der Waals surface area contributed by atoms with Crippen molar-refractivity contribution in [3.63, 3.8) is 0 Å². The summed E-state index contributed by atoms with van der Waals surface area (Å²) in [6.45, 7) is 0.671. The molecule has 0 saturated carbocycles. The molecule has 7 nitrogen and oxygen atoms in total. The van der Waals surface area contributed by atoms with Crippen molar-refractivity contribution in [3.05, 3.63) is 48.2 Å². The number of para-hydroxylation sites is 1. The van der Waals surface area contributed by atoms with Crippen molar-refractivity contribution in [1.82, 2.24) is 5.32 Å². The number of fused-ring (bicyclic) bond motifs is 1. The van der Waals surface area contributed by atoms with Gasteiger partial charge in [-0.2, -0.15) is 0 Å². The quantitative estimate of drug-likeness (QED) is 0.479. The lowest BCUT2D eigenvalue weighted by Crippen LogP contribution is -2.32. The maximum Gasteiger partial charge on any atom is 0.203 e. The second-order valence-corrected chi connectivity index (χ2v) is 6.04. The second-order valence-electron chi connectivity index (χ2n) is 6.04. The molecule has 28 heavy (non-hydrogen) atoms. The molecule has 1 aromatic heterocycles. The summed E-state index contributed by atoms with van der Waals surface area (Å²) in [6.07, 6.45) is 0.741. The molecule has 0 saturated heterocycles. The molecule has 0 spiro atoms. The van der Waals surface area contributed by atoms with E-state index < -0.39 is 0 Å². The van der Waals surface area contributed by atoms with Gasteiger partial charge in [0, 0.05) is 43.2 Å². The number of hydrogen-bond donors (Lipinski definition) is 2. The Labute approximate surface area is 164 Å². The Balaban J connectivity index is 1.64. The second kappa shape index (κ2) is 9.03. The molecule has 3 rings (SSSR count). The summed E-state index contributed by atoms with van der Waals surface area (Å²) in [5, 5.41) is 7.62. The summed E-state index contributed by atoms with van der Waals surface area (Å²) >= 11 is 0. The number of furan rings is 1. The molecule has 0 bridgehead atoms. The minimum atomic E-state index is 0.545. The lowest BCUT2D eigenvalue weighted by molar-refractivity contribution is 0.324. The van der Waals surface area contributed by atoms with Gasteiger partial charge in [0.15, 0.2) is 17.5 Å². The lowest BCUT2D eigenvalue weighted by atomic mass is 10.2. The standard InChI is InChI=1S/C21H25N3O4/c1-22-21(23-10-9-16-11-14-7-5-6-8-17(14)28-16)24-15-12-18(25-2)20(27-4)19(13-15)26-3/h5-8,11-13H,9-10H2,1-4H3,(H2,22,23,24). The van der Waals surface area contributed by atoms with Crippen LogP contribution in [0.3, 0.4) is 0 Å². The molecule has 0 fully saturated rings. The highest BCUT2D eigenvalue weighted by Crippen LogP contribution is 2.39. The van der Waals surface area contributed by atoms with E-state index in [-0.39, 0.29) is 0 Å². The highest BCUT2D eigenvalue weighted by atomic mass is 16.5. The van der Waals surface area contributed by atoms with Crippen molar-refractivity contribution in [2.75, 3.05) is 40.2 Å². The molecule has 3 aromatic rings. The zero-order valence-electron chi connectivity index (χ0n) is 16.5. The topological polar surface area (TPSA) is 77.3 Å². The summed E-state index contributed by atoms with van der Waals surface area (Å²) in [7, 11) is 6.46. The van der Waals surface area contributed by atoms with E-state index in [4.69, 9.17) is 18.6 Å². The molecule has 2 N–H and O–H groups in total. The Bertz CT molecular complexity index is 907. The highest BCUT2D eigenvalue weighted by molar-refractivity contribution is 5.94. The third-order valence-corrected chi connectivity index (χ3v) is 4.29. The maximum absolute atomic E-state index is 5.84. The zero-order chi connectivity index (χ0) is 19.9. The van der Waals surface area contributed by atoms with Crippen molar-refractivity contribution in [2.24, 2.45) is 4.99 Å². The Morgan fingerprint density at radius 2 is 1.71 bits per heavy atom. The summed E-state index contributed by atoms with van der Waals surface area (Å²) < 4.78 is 22.0. The van der Waals surface area contributed by atoms with E-state index in [0.29, 0.717) is 29.8 Å². The third-order valence-electron chi connectivity index (χ3n) is 4.29. The summed E-state index contributed by atoms with van der Waals surface area (Å²) in [4.78, 5) is 4.26. The molecule has 0 unspecified atom stereocenters. The Kier molecular flexibility index (Phi) is 6.26. The average Bonchev–Trinajstić information content (AvgIpc) is 3.14. The molecule has 0 atom stereocenters. The van der Waals surface area contributed by atoms with Gasteiger partial charge in [-0.05, 0) is 12.1 Å². The summed E-state index contributed by atoms with van der Waals surface area (Å²) in [5.41, 5.74) is 1.67. The maximum atomic E-state index is 5.84. The highest BCUT2D eigenvalue weighted by Gasteiger charge is 2.14. The van der Waals surface area contributed by atoms with E-state index >= 15 is 0 Å². The van der Waals surface area contributed by atoms with Crippen molar-refractivity contribution in [3.8, 4) is 17.2 Å². The fraction of sp³-hybridized carbons (Fsp3) is 0.286. The zero-order valence-corrected chi connectivity index (χ0v) is 16.5. The first-order chi connectivity index (χ1) is 13.7. The smallest absolute Gasteiger partial charge is 0.203 e. The number of methoxy groups -OCH3 is 3. The predicted octanol–water partition coefficient (Wildman–Crippen LogP) is 3.69. The normalized spacial score (nSPS) is 11.4. The van der Waals surface area contributed by atoms with E-state index in [1.54, 1.807) is 28.4 Å². The molecule has 0 aliphatic rings. The van der Waals surface area contributed by atoms with Crippen LogP contribution in [0.5, 0.6) is 17.2 Å². The van der Waals surface area contributed by atoms with E-state index in [9.17, 15) is 0 Å². The van der Waals surface area contributed by atoms with Gasteiger partial charge in [0.2, 0.25) is 5.75 Å². The van der Waals surface area contributed by atoms with Gasteiger partial charge in [0.1, 0.15) is 11.3 Å². The Hall–Kier alpha value is -3.35. The molecule has 0 aliphatic heterocycles. The minimum Gasteiger partial charge on any atom is -0.493 e. The fourth-order valence-corrected chi connectivity index (χ4v) is 2.93. The first kappa shape index (κ1) is 19.4. The van der Waals surface area contributed by atoms with Crippen LogP contribution in [0.25, 0.3) is 11.0 Å². The monoisotopic (exact) mass is 383 g/mol. The third kappa shape index (κ3) is 4.31. The van der Waals surface area contributed by atoms with Gasteiger partial charge in [-0.1, -0.05) is 18.2 Å². The van der Waals surface area contributed by atoms with E-state index in [0.717, 1.165) is 28.8 Å². The number of anilines is 1. The van der Waals surface area contributed by atoms with Gasteiger partial charge >= 0.3 is 0 Å². The van der Waals surface area contributed by atoms with Crippen LogP contribution in [0.4, 0.5) is 5.69 Å². The molecule has 7 heteroatoms. The van der Waals surface area contributed by atoms with E-state index in [1.165, 1.54) is 0 Å². The van der Waals surface area contributed by atoms with Gasteiger partial charge in [0.25, 0.3) is 0 Å². The molecule has 0 aliphatic carbocycles. The van der Waals surface area contributed by atoms with Crippen LogP contribution < -0.4 is 24.8 Å². The Morgan fingerprint density at radius 1 is 1.00 bits per heavy atom. The van der Waals surface area contributed by atoms with Crippen molar-refractivity contribution >= 4 is 22.6 Å². The van der Waals surface area contributed by atoms with Crippen LogP contribution in [0.2, 0.25) is 0 Å². The number of rotatable bonds is 7. The van der Waals surface area contributed by atoms with E-state index in [1.807, 2.05) is 36.4 Å². The van der Waals surface area contributed by atoms with Crippen LogP contribution in [0, 0.1) is 0 Å². The van der Waals surface area contributed by atoms with Gasteiger partial charge in [-0.3, -0.25) is 4.99 Å². The van der Waals surface area contributed by atoms with Crippen LogP contribution in [0.1, 0.15) is 5.76 Å². The molecule has 0 radical (unpaired) electrons. The molecular weight excluding hydrogens is 358 g/mol. The van der Waals surface area contributed by atoms with Gasteiger partial charge in [0.05, 0.1) is 21.3 Å². The lowest BCUT2D eigenvalue weighted by Gasteiger charge is -2.16. The summed E-state index contributed by atoms with van der Waals surface area (Å²) in [5.74, 6) is 3.25. The van der Waals surface area contributed by atoms with E-state index in [2.05, 4.69) is 21.7 Å². The Morgan fingerprint density at radius 3 is 2.32 bits per heavy atom. The number of guanidine groups is 1. The SMILES string of the molecule is CN=C(NCCc1cc2ccccc2o1)Nc1cc(OC)c(OC)c(OC)c1. The van der Waals surface area contributed by atoms with Crippen LogP contribution in [-0.4, -0.2) is 40.9 Å². The van der Waals surface area contributed by atoms with Crippen molar-refractivity contribution < 1.29 is 18.6 Å². The summed E-state index contributed by atoms with van der Waals surface area (Å²) in [6, 6.07) is 13.7. The number of ether oxygens (including phenoxy) is 3. The fourth-order valence-electron chi connectivity index (χ4n) is 2.93. The predicted molar refractivity (Wildman–Crippen MR) is 111 cm³/mol. The number of benzene rings is 2. The average molecular weight is 383 g/mol. The van der Waals surface area contributed by atoms with Gasteiger partial charge < -0.3 is 29.3 Å². The minimum absolute atomic E-state index is 0.545. The largest absolute Gasteiger partial charge is 0.493 e. The molecule has 0 amide bonds. The van der Waals surface area contributed by atoms with Crippen LogP contribution >= 0.6 is 0 Å². The van der Waals surface area contributed by atoms with Crippen LogP contribution in [0.15, 0.2) is 51.9 Å². The number of nitrogens with one attached hydrogen (secondary N) is 2. The number of aliphatic imine (C=N–C) groups is 1. The molecule has 1 heterocycles. The van der Waals surface area contributed by atoms with Crippen LogP contribution in [-0.2, 0) is 6.42 Å². The van der Waals surface area contributed by atoms with Gasteiger partial charge in [-0.25, -0.2) is 0 Å². The number of nitrogens with zero attached hydrogens (tertiary/aromatic N) is 1. The first-order valence-electron chi connectivity index (χ1n) is 8.93. The van der Waals surface area contributed by atoms with Gasteiger partial charge in [-0.15, -0.1) is 0 Å². The van der Waals surface area contributed by atoms with Crippen molar-refractivity contribution in [2.45, 2.75) is 6.42 Å².